The summed E-state index contributed by atoms with van der Waals surface area (Å²) in [6.45, 7) is 2.50. The summed E-state index contributed by atoms with van der Waals surface area (Å²) in [5, 5.41) is 0. The molecule has 3 amide bonds. The fraction of sp³-hybridized carbons (Fsp3) is 0.727. The summed E-state index contributed by atoms with van der Waals surface area (Å²) >= 11 is 0. The Labute approximate surface area is 99.7 Å². The minimum atomic E-state index is -0.681. The van der Waals surface area contributed by atoms with Gasteiger partial charge in [-0.2, -0.15) is 0 Å². The molecule has 0 aliphatic carbocycles. The van der Waals surface area contributed by atoms with Gasteiger partial charge in [0, 0.05) is 13.5 Å². The molecule has 6 nitrogen and oxygen atoms in total. The Kier molecular flexibility index (Phi) is 2.81. The quantitative estimate of drug-likeness (QED) is 0.633. The van der Waals surface area contributed by atoms with Crippen molar-refractivity contribution >= 4 is 17.7 Å². The van der Waals surface area contributed by atoms with Crippen LogP contribution in [-0.2, 0) is 14.4 Å². The van der Waals surface area contributed by atoms with E-state index in [1.165, 1.54) is 11.8 Å². The molecule has 1 unspecified atom stereocenters. The summed E-state index contributed by atoms with van der Waals surface area (Å²) in [5.74, 6) is -0.721. The highest BCUT2D eigenvalue weighted by atomic mass is 16.2. The number of carbonyl (C=O) groups is 3. The zero-order valence-corrected chi connectivity index (χ0v) is 9.94. The number of amides is 3. The summed E-state index contributed by atoms with van der Waals surface area (Å²) in [4.78, 5) is 37.5. The van der Waals surface area contributed by atoms with E-state index in [-0.39, 0.29) is 18.4 Å². The normalized spacial score (nSPS) is 28.2. The second-order valence-corrected chi connectivity index (χ2v) is 4.79. The molecule has 2 saturated heterocycles. The van der Waals surface area contributed by atoms with Gasteiger partial charge in [0.2, 0.25) is 11.8 Å². The van der Waals surface area contributed by atoms with Crippen LogP contribution in [0.4, 0.5) is 0 Å². The summed E-state index contributed by atoms with van der Waals surface area (Å²) in [6.07, 6.45) is 2.57. The van der Waals surface area contributed by atoms with Crippen molar-refractivity contribution in [3.63, 3.8) is 0 Å². The van der Waals surface area contributed by atoms with Crippen LogP contribution in [0.2, 0.25) is 0 Å². The number of hydrogen-bond donors (Lipinski definition) is 1. The Morgan fingerprint density at radius 2 is 2.12 bits per heavy atom. The number of nitrogens with two attached hydrogens (primary N) is 1. The Morgan fingerprint density at radius 3 is 2.65 bits per heavy atom. The van der Waals surface area contributed by atoms with E-state index in [0.29, 0.717) is 19.5 Å². The molecule has 2 aliphatic heterocycles. The van der Waals surface area contributed by atoms with Gasteiger partial charge >= 0.3 is 0 Å². The van der Waals surface area contributed by atoms with Crippen LogP contribution in [0.5, 0.6) is 0 Å². The maximum Gasteiger partial charge on any atom is 0.250 e. The van der Waals surface area contributed by atoms with Gasteiger partial charge in [0.25, 0.3) is 5.91 Å². The van der Waals surface area contributed by atoms with Crippen molar-refractivity contribution in [2.24, 2.45) is 5.73 Å². The zero-order valence-electron chi connectivity index (χ0n) is 9.94. The Bertz CT molecular complexity index is 382. The highest BCUT2D eigenvalue weighted by Gasteiger charge is 2.57. The lowest BCUT2D eigenvalue weighted by Crippen LogP contribution is -2.76. The van der Waals surface area contributed by atoms with Gasteiger partial charge < -0.3 is 15.5 Å². The van der Waals surface area contributed by atoms with Gasteiger partial charge in [-0.1, -0.05) is 0 Å². The van der Waals surface area contributed by atoms with E-state index in [0.717, 1.165) is 12.8 Å². The van der Waals surface area contributed by atoms with Gasteiger partial charge in [0.05, 0.1) is 13.1 Å². The number of β-lactam (4-membered cyclic amide) rings is 1. The number of carbonyl (C=O) groups excluding carboxylic acids is 3. The molecule has 2 rings (SSSR count). The third-order valence-corrected chi connectivity index (χ3v) is 3.60. The standard InChI is InChI=1S/C11H17N3O3/c1-8(15)14-5-3-2-4-11(14)7-13(10(11)17)6-9(12)16/h2-7H2,1H3,(H2,12,16). The summed E-state index contributed by atoms with van der Waals surface area (Å²) < 4.78 is 0. The average Bonchev–Trinajstić information content (AvgIpc) is 2.28. The third-order valence-electron chi connectivity index (χ3n) is 3.60. The van der Waals surface area contributed by atoms with Gasteiger partial charge in [-0.15, -0.1) is 0 Å². The molecule has 94 valence electrons. The van der Waals surface area contributed by atoms with Crippen molar-refractivity contribution in [2.45, 2.75) is 31.7 Å². The largest absolute Gasteiger partial charge is 0.368 e. The van der Waals surface area contributed by atoms with Gasteiger partial charge in [-0.05, 0) is 19.3 Å². The SMILES string of the molecule is CC(=O)N1CCCCC12CN(CC(N)=O)C2=O. The molecule has 1 atom stereocenters. The lowest BCUT2D eigenvalue weighted by Gasteiger charge is -2.55. The molecule has 0 aromatic rings. The maximum absolute atomic E-state index is 12.1. The Morgan fingerprint density at radius 1 is 1.41 bits per heavy atom. The van der Waals surface area contributed by atoms with Crippen LogP contribution in [0.3, 0.4) is 0 Å². The van der Waals surface area contributed by atoms with Crippen LogP contribution in [-0.4, -0.2) is 52.7 Å². The summed E-state index contributed by atoms with van der Waals surface area (Å²) in [5.41, 5.74) is 4.38. The monoisotopic (exact) mass is 239 g/mol. The second kappa shape index (κ2) is 4.01. The van der Waals surface area contributed by atoms with Crippen LogP contribution < -0.4 is 5.73 Å². The number of rotatable bonds is 2. The van der Waals surface area contributed by atoms with Crippen molar-refractivity contribution in [1.29, 1.82) is 0 Å². The van der Waals surface area contributed by atoms with Crippen molar-refractivity contribution in [1.82, 2.24) is 9.80 Å². The van der Waals surface area contributed by atoms with E-state index >= 15 is 0 Å². The van der Waals surface area contributed by atoms with E-state index in [2.05, 4.69) is 0 Å². The maximum atomic E-state index is 12.1. The fourth-order valence-corrected chi connectivity index (χ4v) is 2.86. The number of primary amides is 1. The van der Waals surface area contributed by atoms with Crippen LogP contribution in [0.15, 0.2) is 0 Å². The molecule has 0 saturated carbocycles. The first-order chi connectivity index (χ1) is 7.97. The Hall–Kier alpha value is -1.59. The topological polar surface area (TPSA) is 83.7 Å². The molecular weight excluding hydrogens is 222 g/mol. The van der Waals surface area contributed by atoms with Crippen molar-refractivity contribution < 1.29 is 14.4 Å². The van der Waals surface area contributed by atoms with E-state index in [1.807, 2.05) is 0 Å². The molecule has 2 aliphatic rings. The third kappa shape index (κ3) is 1.77. The van der Waals surface area contributed by atoms with E-state index in [4.69, 9.17) is 5.73 Å². The van der Waals surface area contributed by atoms with Crippen LogP contribution in [0.1, 0.15) is 26.2 Å². The predicted octanol–water partition coefficient (Wildman–Crippen LogP) is -0.915. The first-order valence-corrected chi connectivity index (χ1v) is 5.83. The van der Waals surface area contributed by atoms with Crippen LogP contribution >= 0.6 is 0 Å². The van der Waals surface area contributed by atoms with E-state index < -0.39 is 11.4 Å². The highest BCUT2D eigenvalue weighted by Crippen LogP contribution is 2.37. The van der Waals surface area contributed by atoms with Crippen molar-refractivity contribution in [2.75, 3.05) is 19.6 Å². The van der Waals surface area contributed by atoms with E-state index in [1.54, 1.807) is 4.90 Å². The summed E-state index contributed by atoms with van der Waals surface area (Å²) in [6, 6.07) is 0. The molecule has 1 spiro atoms. The molecule has 2 heterocycles. The lowest BCUT2D eigenvalue weighted by atomic mass is 9.78. The second-order valence-electron chi connectivity index (χ2n) is 4.79. The molecule has 17 heavy (non-hydrogen) atoms. The smallest absolute Gasteiger partial charge is 0.250 e. The lowest BCUT2D eigenvalue weighted by molar-refractivity contribution is -0.175. The van der Waals surface area contributed by atoms with Gasteiger partial charge in [-0.25, -0.2) is 0 Å². The van der Waals surface area contributed by atoms with Gasteiger partial charge in [-0.3, -0.25) is 14.4 Å². The number of nitrogens with zero attached hydrogens (tertiary/aromatic N) is 2. The zero-order chi connectivity index (χ0) is 12.6. The van der Waals surface area contributed by atoms with Gasteiger partial charge in [0.15, 0.2) is 0 Å². The molecule has 6 heteroatoms. The minimum absolute atomic E-state index is 0.0493. The van der Waals surface area contributed by atoms with Crippen molar-refractivity contribution in [3.8, 4) is 0 Å². The number of piperidine rings is 1. The van der Waals surface area contributed by atoms with Gasteiger partial charge in [0.1, 0.15) is 5.54 Å². The molecular formula is C11H17N3O3. The van der Waals surface area contributed by atoms with Crippen LogP contribution in [0.25, 0.3) is 0 Å². The molecule has 0 bridgehead atoms. The molecule has 0 aromatic heterocycles. The fourth-order valence-electron chi connectivity index (χ4n) is 2.86. The first kappa shape index (κ1) is 11.9. The predicted molar refractivity (Wildman–Crippen MR) is 59.7 cm³/mol. The number of hydrogen-bond acceptors (Lipinski definition) is 3. The van der Waals surface area contributed by atoms with Crippen LogP contribution in [0, 0.1) is 0 Å². The number of likely N-dealkylation sites (tertiary alicyclic amines) is 2. The average molecular weight is 239 g/mol. The Balaban J connectivity index is 2.12. The molecule has 0 radical (unpaired) electrons. The van der Waals surface area contributed by atoms with E-state index in [9.17, 15) is 14.4 Å². The van der Waals surface area contributed by atoms with Crippen molar-refractivity contribution in [3.05, 3.63) is 0 Å². The minimum Gasteiger partial charge on any atom is -0.368 e. The first-order valence-electron chi connectivity index (χ1n) is 5.83. The molecule has 0 aromatic carbocycles. The molecule has 2 N–H and O–H groups in total. The summed E-state index contributed by atoms with van der Waals surface area (Å²) in [7, 11) is 0. The molecule has 2 fully saturated rings. The highest BCUT2D eigenvalue weighted by molar-refractivity contribution is 5.98.